The molecule has 0 atom stereocenters. The summed E-state index contributed by atoms with van der Waals surface area (Å²) in [6.07, 6.45) is -3.53. The first-order chi connectivity index (χ1) is 20.9. The minimum atomic E-state index is -4.76. The van der Waals surface area contributed by atoms with Crippen LogP contribution in [0, 0.1) is 10.5 Å². The van der Waals surface area contributed by atoms with E-state index < -0.39 is 40.8 Å². The molecule has 1 saturated heterocycles. The lowest BCUT2D eigenvalue weighted by molar-refractivity contribution is -0.137. The van der Waals surface area contributed by atoms with Crippen LogP contribution in [-0.2, 0) is 22.4 Å². The molecule has 1 heterocycles. The smallest absolute Gasteiger partial charge is 0.416 e. The third-order valence-electron chi connectivity index (χ3n) is 6.89. The molecule has 0 bridgehead atoms. The number of fused-ring (bicyclic) bond motifs is 1. The number of barbiturate groups is 1. The zero-order valence-electron chi connectivity index (χ0n) is 23.2. The molecule has 0 aliphatic carbocycles. The van der Waals surface area contributed by atoms with Gasteiger partial charge in [-0.05, 0) is 94.7 Å². The topological polar surface area (TPSA) is 84.9 Å². The van der Waals surface area contributed by atoms with Crippen molar-refractivity contribution in [1.82, 2.24) is 5.32 Å². The van der Waals surface area contributed by atoms with Gasteiger partial charge in [0.25, 0.3) is 11.8 Å². The van der Waals surface area contributed by atoms with Gasteiger partial charge in [-0.15, -0.1) is 0 Å². The van der Waals surface area contributed by atoms with Gasteiger partial charge in [0, 0.05) is 5.56 Å². The Morgan fingerprint density at radius 2 is 1.75 bits per heavy atom. The van der Waals surface area contributed by atoms with E-state index in [1.54, 1.807) is 19.1 Å². The SMILES string of the molecule is CCOc1cc(/C=C2/C(=O)NC(=O)N(c3cc(C(F)(F)F)ccc3Cl)C2=O)cc(I)c1OCc1c(C)ccc2ccccc12. The second kappa shape index (κ2) is 12.5. The van der Waals surface area contributed by atoms with E-state index in [-0.39, 0.29) is 18.2 Å². The molecule has 12 heteroatoms. The first-order valence-electron chi connectivity index (χ1n) is 13.2. The molecule has 0 radical (unpaired) electrons. The van der Waals surface area contributed by atoms with E-state index in [2.05, 4.69) is 0 Å². The van der Waals surface area contributed by atoms with Crippen LogP contribution in [0.2, 0.25) is 5.02 Å². The number of benzene rings is 4. The van der Waals surface area contributed by atoms with Gasteiger partial charge in [0.15, 0.2) is 11.5 Å². The van der Waals surface area contributed by atoms with Crippen LogP contribution in [0.15, 0.2) is 72.3 Å². The van der Waals surface area contributed by atoms with E-state index in [0.29, 0.717) is 31.6 Å². The Labute approximate surface area is 268 Å². The summed E-state index contributed by atoms with van der Waals surface area (Å²) in [5, 5.41) is 3.85. The van der Waals surface area contributed by atoms with Gasteiger partial charge in [0.1, 0.15) is 12.2 Å². The molecule has 1 aliphatic rings. The molecule has 4 aromatic rings. The molecule has 44 heavy (non-hydrogen) atoms. The molecule has 0 aromatic heterocycles. The number of ether oxygens (including phenoxy) is 2. The molecular formula is C32H23ClF3IN2O5. The van der Waals surface area contributed by atoms with Crippen molar-refractivity contribution in [1.29, 1.82) is 0 Å². The predicted molar refractivity (Wildman–Crippen MR) is 169 cm³/mol. The quantitative estimate of drug-likeness (QED) is 0.118. The number of hydrogen-bond acceptors (Lipinski definition) is 5. The van der Waals surface area contributed by atoms with Crippen LogP contribution in [0.1, 0.15) is 29.2 Å². The number of aryl methyl sites for hydroxylation is 1. The fourth-order valence-corrected chi connectivity index (χ4v) is 5.74. The highest BCUT2D eigenvalue weighted by molar-refractivity contribution is 14.1. The number of anilines is 1. The summed E-state index contributed by atoms with van der Waals surface area (Å²) >= 11 is 8.14. The fraction of sp³-hybridized carbons (Fsp3) is 0.156. The number of carbonyl (C=O) groups is 3. The lowest BCUT2D eigenvalue weighted by Crippen LogP contribution is -2.54. The van der Waals surface area contributed by atoms with Crippen LogP contribution >= 0.6 is 34.2 Å². The standard InChI is InChI=1S/C32H23ClF3IN2O5/c1-3-43-27-14-18(13-25(37)28(27)44-16-23-17(2)8-9-19-6-4-5-7-21(19)23)12-22-29(40)38-31(42)39(30(22)41)26-15-20(32(34,35)36)10-11-24(26)33/h4-15H,3,16H2,1-2H3,(H,38,40,42)/b22-12-. The molecule has 1 fully saturated rings. The fourth-order valence-electron chi connectivity index (χ4n) is 4.76. The summed E-state index contributed by atoms with van der Waals surface area (Å²) in [7, 11) is 0. The molecule has 0 saturated carbocycles. The maximum absolute atomic E-state index is 13.4. The van der Waals surface area contributed by atoms with E-state index >= 15 is 0 Å². The van der Waals surface area contributed by atoms with Gasteiger partial charge < -0.3 is 9.47 Å². The van der Waals surface area contributed by atoms with Gasteiger partial charge in [-0.3, -0.25) is 14.9 Å². The van der Waals surface area contributed by atoms with Gasteiger partial charge in [0.2, 0.25) is 0 Å². The second-order valence-corrected chi connectivity index (χ2v) is 11.3. The number of nitrogens with one attached hydrogen (secondary N) is 1. The highest BCUT2D eigenvalue weighted by Crippen LogP contribution is 2.38. The van der Waals surface area contributed by atoms with Crippen LogP contribution in [-0.4, -0.2) is 24.5 Å². The van der Waals surface area contributed by atoms with Gasteiger partial charge >= 0.3 is 12.2 Å². The summed E-state index contributed by atoms with van der Waals surface area (Å²) in [4.78, 5) is 39.2. The Hall–Kier alpha value is -4.10. The second-order valence-electron chi connectivity index (χ2n) is 9.76. The van der Waals surface area contributed by atoms with Gasteiger partial charge in [-0.25, -0.2) is 9.69 Å². The zero-order chi connectivity index (χ0) is 31.8. The van der Waals surface area contributed by atoms with Crippen LogP contribution in [0.5, 0.6) is 11.5 Å². The minimum absolute atomic E-state index is 0.249. The minimum Gasteiger partial charge on any atom is -0.490 e. The number of amides is 4. The number of rotatable bonds is 7. The average Bonchev–Trinajstić information content (AvgIpc) is 2.96. The van der Waals surface area contributed by atoms with Crippen molar-refractivity contribution in [2.75, 3.05) is 11.5 Å². The van der Waals surface area contributed by atoms with E-state index in [9.17, 15) is 27.6 Å². The van der Waals surface area contributed by atoms with E-state index in [1.807, 2.05) is 71.2 Å². The predicted octanol–water partition coefficient (Wildman–Crippen LogP) is 8.07. The van der Waals surface area contributed by atoms with E-state index in [0.717, 1.165) is 34.0 Å². The Kier molecular flexibility index (Phi) is 8.89. The van der Waals surface area contributed by atoms with Crippen LogP contribution in [0.3, 0.4) is 0 Å². The molecule has 4 amide bonds. The third kappa shape index (κ3) is 6.25. The maximum Gasteiger partial charge on any atom is 0.416 e. The van der Waals surface area contributed by atoms with Crippen LogP contribution in [0.25, 0.3) is 16.8 Å². The maximum atomic E-state index is 13.4. The molecule has 0 spiro atoms. The van der Waals surface area contributed by atoms with Crippen molar-refractivity contribution in [3.8, 4) is 11.5 Å². The van der Waals surface area contributed by atoms with E-state index in [1.165, 1.54) is 6.08 Å². The molecular weight excluding hydrogens is 712 g/mol. The number of alkyl halides is 3. The van der Waals surface area contributed by atoms with Crippen molar-refractivity contribution in [3.63, 3.8) is 0 Å². The highest BCUT2D eigenvalue weighted by Gasteiger charge is 2.39. The summed E-state index contributed by atoms with van der Waals surface area (Å²) in [6, 6.07) is 16.3. The van der Waals surface area contributed by atoms with Crippen LogP contribution in [0.4, 0.5) is 23.7 Å². The first-order valence-corrected chi connectivity index (χ1v) is 14.7. The normalized spacial score (nSPS) is 14.8. The number of halogens is 5. The average molecular weight is 735 g/mol. The number of nitrogens with zero attached hydrogens (tertiary/aromatic N) is 1. The zero-order valence-corrected chi connectivity index (χ0v) is 26.1. The van der Waals surface area contributed by atoms with Crippen molar-refractivity contribution in [2.45, 2.75) is 26.6 Å². The third-order valence-corrected chi connectivity index (χ3v) is 8.02. The lowest BCUT2D eigenvalue weighted by Gasteiger charge is -2.27. The molecule has 0 unspecified atom stereocenters. The van der Waals surface area contributed by atoms with Crippen molar-refractivity contribution < 1.29 is 37.0 Å². The first kappa shape index (κ1) is 31.3. The van der Waals surface area contributed by atoms with Crippen molar-refractivity contribution in [3.05, 3.63) is 103 Å². The van der Waals surface area contributed by atoms with Gasteiger partial charge in [0.05, 0.1) is 26.5 Å². The largest absolute Gasteiger partial charge is 0.490 e. The summed E-state index contributed by atoms with van der Waals surface area (Å²) in [5.41, 5.74) is 0.297. The summed E-state index contributed by atoms with van der Waals surface area (Å²) in [5.74, 6) is -1.35. The Balaban J connectivity index is 1.50. The molecule has 4 aromatic carbocycles. The van der Waals surface area contributed by atoms with Crippen molar-refractivity contribution >= 4 is 74.6 Å². The Morgan fingerprint density at radius 1 is 1.00 bits per heavy atom. The summed E-state index contributed by atoms with van der Waals surface area (Å²) < 4.78 is 52.8. The lowest BCUT2D eigenvalue weighted by atomic mass is 10.0. The van der Waals surface area contributed by atoms with Gasteiger partial charge in [-0.2, -0.15) is 13.2 Å². The number of imide groups is 2. The Bertz CT molecular complexity index is 1860. The monoisotopic (exact) mass is 734 g/mol. The Morgan fingerprint density at radius 3 is 2.48 bits per heavy atom. The number of carbonyl (C=O) groups excluding carboxylic acids is 3. The summed E-state index contributed by atoms with van der Waals surface area (Å²) in [6.45, 7) is 4.33. The highest BCUT2D eigenvalue weighted by atomic mass is 127. The van der Waals surface area contributed by atoms with Gasteiger partial charge in [-0.1, -0.05) is 48.0 Å². The molecule has 1 N–H and O–H groups in total. The molecule has 5 rings (SSSR count). The van der Waals surface area contributed by atoms with Crippen LogP contribution < -0.4 is 19.7 Å². The molecule has 226 valence electrons. The van der Waals surface area contributed by atoms with Crippen molar-refractivity contribution in [2.24, 2.45) is 0 Å². The molecule has 7 nitrogen and oxygen atoms in total. The molecule has 1 aliphatic heterocycles. The number of urea groups is 1. The number of hydrogen-bond donors (Lipinski definition) is 1. The van der Waals surface area contributed by atoms with E-state index in [4.69, 9.17) is 21.1 Å².